The Hall–Kier alpha value is -2.33. The molecule has 0 amide bonds. The van der Waals surface area contributed by atoms with E-state index in [9.17, 15) is 0 Å². The fourth-order valence-electron chi connectivity index (χ4n) is 3.73. The molecule has 0 saturated heterocycles. The monoisotopic (exact) mass is 306 g/mol. The average molecular weight is 306 g/mol. The molecule has 0 fully saturated rings. The van der Waals surface area contributed by atoms with Crippen LogP contribution in [-0.2, 0) is 6.42 Å². The van der Waals surface area contributed by atoms with Gasteiger partial charge in [0.05, 0.1) is 18.4 Å². The van der Waals surface area contributed by atoms with E-state index in [0.717, 1.165) is 17.9 Å². The van der Waals surface area contributed by atoms with Crippen LogP contribution in [0.3, 0.4) is 0 Å². The maximum absolute atomic E-state index is 6.55. The van der Waals surface area contributed by atoms with Crippen molar-refractivity contribution < 1.29 is 0 Å². The maximum Gasteiger partial charge on any atom is 0.149 e. The Morgan fingerprint density at radius 1 is 1.13 bits per heavy atom. The van der Waals surface area contributed by atoms with E-state index < -0.39 is 0 Å². The summed E-state index contributed by atoms with van der Waals surface area (Å²) >= 11 is 0. The first-order chi connectivity index (χ1) is 11.1. The molecule has 0 saturated carbocycles. The molecule has 3 aromatic rings. The van der Waals surface area contributed by atoms with Crippen LogP contribution in [0.25, 0.3) is 5.65 Å². The molecule has 2 aromatic heterocycles. The number of benzene rings is 1. The second-order valence-corrected chi connectivity index (χ2v) is 6.63. The first kappa shape index (κ1) is 14.3. The lowest BCUT2D eigenvalue weighted by Crippen LogP contribution is -2.51. The molecule has 23 heavy (non-hydrogen) atoms. The van der Waals surface area contributed by atoms with Gasteiger partial charge in [-0.15, -0.1) is 0 Å². The van der Waals surface area contributed by atoms with Crippen LogP contribution in [0.5, 0.6) is 0 Å². The van der Waals surface area contributed by atoms with E-state index in [0.29, 0.717) is 5.92 Å². The highest BCUT2D eigenvalue weighted by Gasteiger charge is 2.35. The minimum Gasteiger partial charge on any atom is -0.332 e. The van der Waals surface area contributed by atoms with Crippen molar-refractivity contribution in [3.8, 4) is 0 Å². The molecule has 1 aromatic carbocycles. The summed E-state index contributed by atoms with van der Waals surface area (Å²) in [5.41, 5.74) is 10.2. The molecule has 4 rings (SSSR count). The first-order valence-corrected chi connectivity index (χ1v) is 8.20. The second-order valence-electron chi connectivity index (χ2n) is 6.63. The maximum atomic E-state index is 6.55. The fourth-order valence-corrected chi connectivity index (χ4v) is 3.73. The largest absolute Gasteiger partial charge is 0.332 e. The lowest BCUT2D eigenvalue weighted by molar-refractivity contribution is 0.398. The highest BCUT2D eigenvalue weighted by Crippen LogP contribution is 2.39. The number of anilines is 1. The third-order valence-electron chi connectivity index (χ3n) is 4.71. The predicted molar refractivity (Wildman–Crippen MR) is 93.4 cm³/mol. The SMILES string of the molecule is CC(C)C1c2ccccc2CC(N)N1c1cn2ccccc2n1. The Kier molecular flexibility index (Phi) is 3.34. The summed E-state index contributed by atoms with van der Waals surface area (Å²) in [4.78, 5) is 7.09. The molecular formula is C19H22N4. The van der Waals surface area contributed by atoms with Crippen LogP contribution in [0.2, 0.25) is 0 Å². The van der Waals surface area contributed by atoms with Crippen LogP contribution < -0.4 is 10.6 Å². The van der Waals surface area contributed by atoms with Gasteiger partial charge < -0.3 is 15.0 Å². The van der Waals surface area contributed by atoms with Crippen LogP contribution in [0.15, 0.2) is 54.9 Å². The third-order valence-corrected chi connectivity index (χ3v) is 4.71. The number of nitrogens with zero attached hydrogens (tertiary/aromatic N) is 3. The molecular weight excluding hydrogens is 284 g/mol. The molecule has 1 aliphatic rings. The summed E-state index contributed by atoms with van der Waals surface area (Å²) in [5.74, 6) is 1.41. The quantitative estimate of drug-likeness (QED) is 0.789. The van der Waals surface area contributed by atoms with E-state index in [1.165, 1.54) is 11.1 Å². The van der Waals surface area contributed by atoms with Gasteiger partial charge in [0.2, 0.25) is 0 Å². The lowest BCUT2D eigenvalue weighted by Gasteiger charge is -2.44. The second kappa shape index (κ2) is 5.39. The minimum atomic E-state index is -0.0535. The van der Waals surface area contributed by atoms with Crippen LogP contribution in [0, 0.1) is 5.92 Å². The van der Waals surface area contributed by atoms with Crippen molar-refractivity contribution in [1.29, 1.82) is 0 Å². The third kappa shape index (κ3) is 2.30. The number of pyridine rings is 1. The van der Waals surface area contributed by atoms with Gasteiger partial charge in [-0.2, -0.15) is 0 Å². The molecule has 2 N–H and O–H groups in total. The van der Waals surface area contributed by atoms with Crippen molar-refractivity contribution in [3.63, 3.8) is 0 Å². The molecule has 118 valence electrons. The van der Waals surface area contributed by atoms with E-state index in [1.54, 1.807) is 0 Å². The van der Waals surface area contributed by atoms with Crippen molar-refractivity contribution >= 4 is 11.5 Å². The minimum absolute atomic E-state index is 0.0535. The summed E-state index contributed by atoms with van der Waals surface area (Å²) in [6.07, 6.45) is 4.91. The van der Waals surface area contributed by atoms with E-state index >= 15 is 0 Å². The molecule has 4 nitrogen and oxygen atoms in total. The van der Waals surface area contributed by atoms with Crippen LogP contribution >= 0.6 is 0 Å². The molecule has 2 unspecified atom stereocenters. The predicted octanol–water partition coefficient (Wildman–Crippen LogP) is 3.38. The zero-order valence-electron chi connectivity index (χ0n) is 13.6. The van der Waals surface area contributed by atoms with Gasteiger partial charge in [-0.1, -0.05) is 44.2 Å². The Labute approximate surface area is 136 Å². The normalized spacial score (nSPS) is 21.0. The van der Waals surface area contributed by atoms with Crippen molar-refractivity contribution in [3.05, 3.63) is 66.0 Å². The Morgan fingerprint density at radius 3 is 2.70 bits per heavy atom. The van der Waals surface area contributed by atoms with E-state index in [2.05, 4.69) is 53.6 Å². The molecule has 0 spiro atoms. The van der Waals surface area contributed by atoms with Gasteiger partial charge in [0, 0.05) is 12.6 Å². The zero-order chi connectivity index (χ0) is 16.0. The highest BCUT2D eigenvalue weighted by atomic mass is 15.3. The van der Waals surface area contributed by atoms with Crippen LogP contribution in [0.4, 0.5) is 5.82 Å². The Morgan fingerprint density at radius 2 is 1.91 bits per heavy atom. The summed E-state index contributed by atoms with van der Waals surface area (Å²) in [7, 11) is 0. The van der Waals surface area contributed by atoms with E-state index in [4.69, 9.17) is 10.7 Å². The van der Waals surface area contributed by atoms with Crippen molar-refractivity contribution in [2.45, 2.75) is 32.5 Å². The molecule has 0 radical (unpaired) electrons. The number of hydrogen-bond donors (Lipinski definition) is 1. The van der Waals surface area contributed by atoms with Gasteiger partial charge in [0.25, 0.3) is 0 Å². The number of rotatable bonds is 2. The number of hydrogen-bond acceptors (Lipinski definition) is 3. The number of nitrogens with two attached hydrogens (primary N) is 1. The van der Waals surface area contributed by atoms with Gasteiger partial charge >= 0.3 is 0 Å². The number of aromatic nitrogens is 2. The van der Waals surface area contributed by atoms with E-state index in [-0.39, 0.29) is 12.2 Å². The van der Waals surface area contributed by atoms with Crippen molar-refractivity contribution in [2.75, 3.05) is 4.90 Å². The van der Waals surface area contributed by atoms with Gasteiger partial charge in [-0.3, -0.25) is 0 Å². The Balaban J connectivity index is 1.85. The highest BCUT2D eigenvalue weighted by molar-refractivity contribution is 5.54. The van der Waals surface area contributed by atoms with E-state index in [1.807, 2.05) is 24.4 Å². The van der Waals surface area contributed by atoms with Gasteiger partial charge in [-0.25, -0.2) is 4.98 Å². The summed E-state index contributed by atoms with van der Waals surface area (Å²) in [6.45, 7) is 4.50. The smallest absolute Gasteiger partial charge is 0.149 e. The molecule has 0 aliphatic carbocycles. The molecule has 1 aliphatic heterocycles. The Bertz CT molecular complexity index is 803. The van der Waals surface area contributed by atoms with Gasteiger partial charge in [0.1, 0.15) is 11.5 Å². The number of fused-ring (bicyclic) bond motifs is 2. The summed E-state index contributed by atoms with van der Waals surface area (Å²) in [6, 6.07) is 15.0. The number of imidazole rings is 1. The van der Waals surface area contributed by atoms with Gasteiger partial charge in [-0.05, 0) is 29.2 Å². The first-order valence-electron chi connectivity index (χ1n) is 8.20. The zero-order valence-corrected chi connectivity index (χ0v) is 13.6. The standard InChI is InChI=1S/C19H22N4/c1-13(2)19-15-8-4-3-7-14(15)11-16(20)23(19)18-12-22-10-6-5-9-17(22)21-18/h3-10,12-13,16,19H,11,20H2,1-2H3. The topological polar surface area (TPSA) is 46.6 Å². The van der Waals surface area contributed by atoms with Crippen molar-refractivity contribution in [2.24, 2.45) is 11.7 Å². The average Bonchev–Trinajstić information content (AvgIpc) is 2.96. The fraction of sp³-hybridized carbons (Fsp3) is 0.316. The van der Waals surface area contributed by atoms with Crippen LogP contribution in [0.1, 0.15) is 31.0 Å². The summed E-state index contributed by atoms with van der Waals surface area (Å²) < 4.78 is 2.06. The molecule has 2 atom stereocenters. The lowest BCUT2D eigenvalue weighted by atomic mass is 9.85. The summed E-state index contributed by atoms with van der Waals surface area (Å²) in [5, 5.41) is 0. The molecule has 4 heteroatoms. The van der Waals surface area contributed by atoms with Crippen molar-refractivity contribution in [1.82, 2.24) is 9.38 Å². The van der Waals surface area contributed by atoms with Crippen LogP contribution in [-0.4, -0.2) is 15.6 Å². The molecule has 3 heterocycles. The van der Waals surface area contributed by atoms with Gasteiger partial charge in [0.15, 0.2) is 0 Å². The molecule has 0 bridgehead atoms.